The Hall–Kier alpha value is -2.16. The van der Waals surface area contributed by atoms with E-state index in [0.717, 1.165) is 6.07 Å². The molecule has 0 aliphatic carbocycles. The first-order valence-electron chi connectivity index (χ1n) is 8.04. The number of rotatable bonds is 3. The number of amides is 1. The number of nitrogens with one attached hydrogen (secondary N) is 1. The van der Waals surface area contributed by atoms with E-state index < -0.39 is 11.7 Å². The van der Waals surface area contributed by atoms with Gasteiger partial charge in [0.1, 0.15) is 11.5 Å². The lowest BCUT2D eigenvalue weighted by molar-refractivity contribution is -0.137. The molecule has 0 radical (unpaired) electrons. The Labute approximate surface area is 156 Å². The molecule has 138 valence electrons. The summed E-state index contributed by atoms with van der Waals surface area (Å²) in [6, 6.07) is 6.00. The number of pyridine rings is 2. The standard InChI is InChI=1S/C17H16BrF3N4O/c18-11-9-13(17(19,20)21)15(23-10-11)25-7-4-12(5-8-25)24-16(26)14-3-1-2-6-22-14/h1-3,6,9-10,12H,4-5,7-8H2,(H,24,26). The maximum Gasteiger partial charge on any atom is 0.419 e. The highest BCUT2D eigenvalue weighted by atomic mass is 79.9. The van der Waals surface area contributed by atoms with Crippen LogP contribution in [0.2, 0.25) is 0 Å². The highest BCUT2D eigenvalue weighted by molar-refractivity contribution is 9.10. The number of piperidine rings is 1. The third-order valence-electron chi connectivity index (χ3n) is 4.17. The van der Waals surface area contributed by atoms with Crippen LogP contribution in [0.4, 0.5) is 19.0 Å². The van der Waals surface area contributed by atoms with Crippen LogP contribution in [0.5, 0.6) is 0 Å². The predicted molar refractivity (Wildman–Crippen MR) is 93.9 cm³/mol. The van der Waals surface area contributed by atoms with E-state index in [1.165, 1.54) is 12.4 Å². The summed E-state index contributed by atoms with van der Waals surface area (Å²) in [4.78, 5) is 21.7. The number of carbonyl (C=O) groups is 1. The van der Waals surface area contributed by atoms with Crippen molar-refractivity contribution in [1.29, 1.82) is 0 Å². The second kappa shape index (κ2) is 7.61. The minimum Gasteiger partial charge on any atom is -0.356 e. The molecule has 0 aromatic carbocycles. The molecule has 2 aromatic heterocycles. The number of carbonyl (C=O) groups excluding carboxylic acids is 1. The largest absolute Gasteiger partial charge is 0.419 e. The van der Waals surface area contributed by atoms with E-state index >= 15 is 0 Å². The molecular formula is C17H16BrF3N4O. The van der Waals surface area contributed by atoms with Crippen LogP contribution in [0.15, 0.2) is 41.1 Å². The summed E-state index contributed by atoms with van der Waals surface area (Å²) in [5, 5.41) is 2.88. The third kappa shape index (κ3) is 4.32. The van der Waals surface area contributed by atoms with Gasteiger partial charge >= 0.3 is 6.18 Å². The van der Waals surface area contributed by atoms with Crippen molar-refractivity contribution in [2.75, 3.05) is 18.0 Å². The molecule has 1 fully saturated rings. The van der Waals surface area contributed by atoms with Gasteiger partial charge in [0.2, 0.25) is 0 Å². The molecule has 9 heteroatoms. The normalized spacial score (nSPS) is 15.8. The molecule has 2 aromatic rings. The monoisotopic (exact) mass is 428 g/mol. The Kier molecular flexibility index (Phi) is 5.45. The number of nitrogens with zero attached hydrogens (tertiary/aromatic N) is 3. The molecule has 26 heavy (non-hydrogen) atoms. The molecule has 0 saturated carbocycles. The van der Waals surface area contributed by atoms with Crippen molar-refractivity contribution in [1.82, 2.24) is 15.3 Å². The van der Waals surface area contributed by atoms with Crippen LogP contribution in [-0.4, -0.2) is 35.0 Å². The summed E-state index contributed by atoms with van der Waals surface area (Å²) in [6.45, 7) is 0.760. The first-order valence-corrected chi connectivity index (χ1v) is 8.83. The molecule has 1 aliphatic heterocycles. The second-order valence-corrected chi connectivity index (χ2v) is 6.89. The van der Waals surface area contributed by atoms with E-state index in [1.54, 1.807) is 23.1 Å². The van der Waals surface area contributed by atoms with Crippen LogP contribution in [0.3, 0.4) is 0 Å². The topological polar surface area (TPSA) is 58.1 Å². The lowest BCUT2D eigenvalue weighted by atomic mass is 10.0. The summed E-state index contributed by atoms with van der Waals surface area (Å²) in [7, 11) is 0. The lowest BCUT2D eigenvalue weighted by Crippen LogP contribution is -2.45. The van der Waals surface area contributed by atoms with Crippen molar-refractivity contribution in [3.63, 3.8) is 0 Å². The molecule has 3 rings (SSSR count). The number of alkyl halides is 3. The molecule has 0 spiro atoms. The van der Waals surface area contributed by atoms with Gasteiger partial charge in [-0.1, -0.05) is 6.07 Å². The van der Waals surface area contributed by atoms with Gasteiger partial charge in [-0.3, -0.25) is 9.78 Å². The quantitative estimate of drug-likeness (QED) is 0.810. The van der Waals surface area contributed by atoms with Gasteiger partial charge in [-0.25, -0.2) is 4.98 Å². The number of anilines is 1. The Balaban J connectivity index is 1.65. The molecule has 0 bridgehead atoms. The van der Waals surface area contributed by atoms with E-state index in [0.29, 0.717) is 31.6 Å². The Morgan fingerprint density at radius 2 is 1.96 bits per heavy atom. The Morgan fingerprint density at radius 1 is 1.23 bits per heavy atom. The summed E-state index contributed by atoms with van der Waals surface area (Å²) >= 11 is 3.04. The van der Waals surface area contributed by atoms with Crippen molar-refractivity contribution in [3.8, 4) is 0 Å². The molecule has 0 unspecified atom stereocenters. The van der Waals surface area contributed by atoms with Gasteiger partial charge in [0, 0.05) is 36.0 Å². The predicted octanol–water partition coefficient (Wildman–Crippen LogP) is 3.66. The Bertz CT molecular complexity index is 777. The van der Waals surface area contributed by atoms with Gasteiger partial charge in [-0.15, -0.1) is 0 Å². The minimum atomic E-state index is -4.48. The van der Waals surface area contributed by atoms with E-state index in [1.807, 2.05) is 0 Å². The maximum absolute atomic E-state index is 13.3. The van der Waals surface area contributed by atoms with Crippen LogP contribution in [-0.2, 0) is 6.18 Å². The first-order chi connectivity index (χ1) is 12.3. The van der Waals surface area contributed by atoms with Crippen molar-refractivity contribution >= 4 is 27.7 Å². The van der Waals surface area contributed by atoms with Crippen LogP contribution in [0.1, 0.15) is 28.9 Å². The van der Waals surface area contributed by atoms with Crippen molar-refractivity contribution < 1.29 is 18.0 Å². The minimum absolute atomic E-state index is 0.0739. The van der Waals surface area contributed by atoms with Crippen LogP contribution < -0.4 is 10.2 Å². The van der Waals surface area contributed by atoms with Crippen LogP contribution >= 0.6 is 15.9 Å². The lowest BCUT2D eigenvalue weighted by Gasteiger charge is -2.34. The number of halogens is 4. The fraction of sp³-hybridized carbons (Fsp3) is 0.353. The van der Waals surface area contributed by atoms with Gasteiger partial charge < -0.3 is 10.2 Å². The summed E-state index contributed by atoms with van der Waals surface area (Å²) in [6.07, 6.45) is -0.508. The second-order valence-electron chi connectivity index (χ2n) is 5.97. The van der Waals surface area contributed by atoms with Crippen LogP contribution in [0.25, 0.3) is 0 Å². The van der Waals surface area contributed by atoms with Crippen LogP contribution in [0, 0.1) is 0 Å². The summed E-state index contributed by atoms with van der Waals surface area (Å²) < 4.78 is 40.1. The molecule has 0 atom stereocenters. The average Bonchev–Trinajstić information content (AvgIpc) is 2.62. The zero-order chi connectivity index (χ0) is 18.7. The smallest absolute Gasteiger partial charge is 0.356 e. The van der Waals surface area contributed by atoms with E-state index in [2.05, 4.69) is 31.2 Å². The van der Waals surface area contributed by atoms with Gasteiger partial charge in [0.05, 0.1) is 5.56 Å². The number of aromatic nitrogens is 2. The molecule has 1 saturated heterocycles. The molecule has 1 N–H and O–H groups in total. The molecule has 5 nitrogen and oxygen atoms in total. The summed E-state index contributed by atoms with van der Waals surface area (Å²) in [5.41, 5.74) is -0.438. The maximum atomic E-state index is 13.3. The molecule has 3 heterocycles. The highest BCUT2D eigenvalue weighted by Gasteiger charge is 2.37. The molecule has 1 amide bonds. The van der Waals surface area contributed by atoms with Crippen molar-refractivity contribution in [3.05, 3.63) is 52.4 Å². The average molecular weight is 429 g/mol. The zero-order valence-corrected chi connectivity index (χ0v) is 15.2. The summed E-state index contributed by atoms with van der Waals surface area (Å²) in [5.74, 6) is -0.350. The zero-order valence-electron chi connectivity index (χ0n) is 13.6. The van der Waals surface area contributed by atoms with Gasteiger partial charge in [-0.2, -0.15) is 13.2 Å². The highest BCUT2D eigenvalue weighted by Crippen LogP contribution is 2.37. The fourth-order valence-electron chi connectivity index (χ4n) is 2.88. The first kappa shape index (κ1) is 18.6. The molecular weight excluding hydrogens is 413 g/mol. The van der Waals surface area contributed by atoms with Gasteiger partial charge in [-0.05, 0) is 47.0 Å². The number of hydrogen-bond acceptors (Lipinski definition) is 4. The number of hydrogen-bond donors (Lipinski definition) is 1. The van der Waals surface area contributed by atoms with E-state index in [4.69, 9.17) is 0 Å². The fourth-order valence-corrected chi connectivity index (χ4v) is 3.22. The third-order valence-corrected chi connectivity index (χ3v) is 4.60. The molecule has 1 aliphatic rings. The SMILES string of the molecule is O=C(NC1CCN(c2ncc(Br)cc2C(F)(F)F)CC1)c1ccccn1. The van der Waals surface area contributed by atoms with Gasteiger partial charge in [0.25, 0.3) is 5.91 Å². The van der Waals surface area contributed by atoms with E-state index in [9.17, 15) is 18.0 Å². The van der Waals surface area contributed by atoms with E-state index in [-0.39, 0.29) is 22.2 Å². The van der Waals surface area contributed by atoms with Gasteiger partial charge in [0.15, 0.2) is 0 Å². The van der Waals surface area contributed by atoms with Crippen molar-refractivity contribution in [2.24, 2.45) is 0 Å². The Morgan fingerprint density at radius 3 is 2.58 bits per heavy atom. The van der Waals surface area contributed by atoms with Crippen molar-refractivity contribution in [2.45, 2.75) is 25.1 Å².